The van der Waals surface area contributed by atoms with Crippen molar-refractivity contribution in [1.82, 2.24) is 0 Å². The second-order valence-electron chi connectivity index (χ2n) is 4.53. The van der Waals surface area contributed by atoms with Crippen molar-refractivity contribution in [2.24, 2.45) is 5.73 Å². The number of phenols is 1. The molecule has 0 fully saturated rings. The predicted octanol–water partition coefficient (Wildman–Crippen LogP) is 3.32. The lowest BCUT2D eigenvalue weighted by Crippen LogP contribution is -2.14. The van der Waals surface area contributed by atoms with E-state index in [9.17, 15) is 9.90 Å². The maximum absolute atomic E-state index is 12.2. The third-order valence-corrected chi connectivity index (χ3v) is 3.44. The van der Waals surface area contributed by atoms with E-state index < -0.39 is 5.91 Å². The van der Waals surface area contributed by atoms with Crippen LogP contribution in [0.4, 0.5) is 11.4 Å². The van der Waals surface area contributed by atoms with E-state index >= 15 is 0 Å². The number of nitrogens with two attached hydrogens (primary N) is 1. The Bertz CT molecular complexity index is 692. The smallest absolute Gasteiger partial charge is 0.259 e. The number of phenolic OH excluding ortho intramolecular Hbond substituents is 1. The van der Waals surface area contributed by atoms with Gasteiger partial charge in [0.15, 0.2) is 0 Å². The van der Waals surface area contributed by atoms with Crippen LogP contribution in [-0.2, 0) is 0 Å². The number of carbonyl (C=O) groups excluding carboxylic acids is 1. The number of rotatable bonds is 5. The van der Waals surface area contributed by atoms with Crippen molar-refractivity contribution in [3.05, 3.63) is 52.0 Å². The van der Waals surface area contributed by atoms with E-state index in [2.05, 4.69) is 10.6 Å². The SMILES string of the molecule is NCCNc1ccc(NC(=O)c2cc(Cl)ccc2O)c(Cl)c1. The minimum atomic E-state index is -0.496. The number of carbonyl (C=O) groups is 1. The molecule has 0 heterocycles. The van der Waals surface area contributed by atoms with Gasteiger partial charge >= 0.3 is 0 Å². The number of benzene rings is 2. The molecule has 7 heteroatoms. The quantitative estimate of drug-likeness (QED) is 0.672. The average molecular weight is 340 g/mol. The summed E-state index contributed by atoms with van der Waals surface area (Å²) in [5.41, 5.74) is 6.73. The molecular formula is C15H15Cl2N3O2. The Balaban J connectivity index is 2.16. The highest BCUT2D eigenvalue weighted by Crippen LogP contribution is 2.28. The molecule has 116 valence electrons. The molecule has 22 heavy (non-hydrogen) atoms. The summed E-state index contributed by atoms with van der Waals surface area (Å²) < 4.78 is 0. The zero-order valence-corrected chi connectivity index (χ0v) is 13.1. The van der Waals surface area contributed by atoms with E-state index in [1.807, 2.05) is 0 Å². The molecule has 0 aliphatic heterocycles. The number of amides is 1. The Hall–Kier alpha value is -1.95. The molecule has 5 N–H and O–H groups in total. The molecule has 0 atom stereocenters. The van der Waals surface area contributed by atoms with E-state index in [0.29, 0.717) is 28.8 Å². The Morgan fingerprint density at radius 2 is 1.95 bits per heavy atom. The molecule has 0 aromatic heterocycles. The zero-order chi connectivity index (χ0) is 16.1. The predicted molar refractivity (Wildman–Crippen MR) is 90.1 cm³/mol. The lowest BCUT2D eigenvalue weighted by molar-refractivity contribution is 0.102. The van der Waals surface area contributed by atoms with Crippen LogP contribution in [0.3, 0.4) is 0 Å². The standard InChI is InChI=1S/C15H15Cl2N3O2/c16-9-1-4-14(21)11(7-9)15(22)20-13-3-2-10(8-12(13)17)19-6-5-18/h1-4,7-8,19,21H,5-6,18H2,(H,20,22). The van der Waals surface area contributed by atoms with Crippen molar-refractivity contribution in [1.29, 1.82) is 0 Å². The van der Waals surface area contributed by atoms with Gasteiger partial charge < -0.3 is 21.5 Å². The molecule has 0 bridgehead atoms. The van der Waals surface area contributed by atoms with Gasteiger partial charge in [0.2, 0.25) is 0 Å². The van der Waals surface area contributed by atoms with Crippen LogP contribution in [0.2, 0.25) is 10.0 Å². The minimum absolute atomic E-state index is 0.0777. The molecule has 0 aliphatic rings. The number of halogens is 2. The number of anilines is 2. The lowest BCUT2D eigenvalue weighted by atomic mass is 10.2. The van der Waals surface area contributed by atoms with Gasteiger partial charge in [0.25, 0.3) is 5.91 Å². The summed E-state index contributed by atoms with van der Waals surface area (Å²) in [4.78, 5) is 12.2. The average Bonchev–Trinajstić information content (AvgIpc) is 2.50. The van der Waals surface area contributed by atoms with Gasteiger partial charge in [0, 0.05) is 23.8 Å². The largest absolute Gasteiger partial charge is 0.507 e. The lowest BCUT2D eigenvalue weighted by Gasteiger charge is -2.11. The fraction of sp³-hybridized carbons (Fsp3) is 0.133. The Kier molecular flexibility index (Phi) is 5.49. The first-order valence-electron chi connectivity index (χ1n) is 6.54. The summed E-state index contributed by atoms with van der Waals surface area (Å²) in [6.45, 7) is 1.13. The molecule has 0 unspecified atom stereocenters. The monoisotopic (exact) mass is 339 g/mol. The van der Waals surface area contributed by atoms with Gasteiger partial charge in [-0.3, -0.25) is 4.79 Å². The van der Waals surface area contributed by atoms with Crippen molar-refractivity contribution >= 4 is 40.5 Å². The summed E-state index contributed by atoms with van der Waals surface area (Å²) in [7, 11) is 0. The van der Waals surface area contributed by atoms with Crippen LogP contribution in [0.5, 0.6) is 5.75 Å². The van der Waals surface area contributed by atoms with Gasteiger partial charge in [0.05, 0.1) is 16.3 Å². The molecule has 5 nitrogen and oxygen atoms in total. The van der Waals surface area contributed by atoms with Crippen LogP contribution < -0.4 is 16.4 Å². The van der Waals surface area contributed by atoms with E-state index in [1.165, 1.54) is 18.2 Å². The van der Waals surface area contributed by atoms with Crippen molar-refractivity contribution in [3.8, 4) is 5.75 Å². The molecule has 0 radical (unpaired) electrons. The molecule has 1 amide bonds. The normalized spacial score (nSPS) is 10.3. The minimum Gasteiger partial charge on any atom is -0.507 e. The zero-order valence-electron chi connectivity index (χ0n) is 11.6. The molecule has 2 aromatic carbocycles. The highest BCUT2D eigenvalue weighted by Gasteiger charge is 2.13. The van der Waals surface area contributed by atoms with E-state index in [0.717, 1.165) is 5.69 Å². The molecule has 0 saturated heterocycles. The summed E-state index contributed by atoms with van der Waals surface area (Å²) in [6.07, 6.45) is 0. The third kappa shape index (κ3) is 4.04. The molecule has 2 rings (SSSR count). The third-order valence-electron chi connectivity index (χ3n) is 2.89. The van der Waals surface area contributed by atoms with Crippen LogP contribution in [0.1, 0.15) is 10.4 Å². The van der Waals surface area contributed by atoms with Crippen LogP contribution in [-0.4, -0.2) is 24.1 Å². The van der Waals surface area contributed by atoms with Crippen molar-refractivity contribution in [2.45, 2.75) is 0 Å². The summed E-state index contributed by atoms with van der Waals surface area (Å²) in [5, 5.41) is 16.2. The first kappa shape index (κ1) is 16.4. The van der Waals surface area contributed by atoms with Gasteiger partial charge in [-0.05, 0) is 36.4 Å². The number of hydrogen-bond donors (Lipinski definition) is 4. The first-order chi connectivity index (χ1) is 10.5. The summed E-state index contributed by atoms with van der Waals surface area (Å²) in [6, 6.07) is 9.37. The summed E-state index contributed by atoms with van der Waals surface area (Å²) in [5.74, 6) is -0.649. The number of nitrogens with one attached hydrogen (secondary N) is 2. The molecule has 2 aromatic rings. The fourth-order valence-corrected chi connectivity index (χ4v) is 2.22. The van der Waals surface area contributed by atoms with Crippen molar-refractivity contribution in [2.75, 3.05) is 23.7 Å². The maximum Gasteiger partial charge on any atom is 0.259 e. The Morgan fingerprint density at radius 3 is 2.64 bits per heavy atom. The highest BCUT2D eigenvalue weighted by atomic mass is 35.5. The molecule has 0 aliphatic carbocycles. The van der Waals surface area contributed by atoms with Crippen LogP contribution in [0.25, 0.3) is 0 Å². The van der Waals surface area contributed by atoms with Crippen molar-refractivity contribution < 1.29 is 9.90 Å². The number of aromatic hydroxyl groups is 1. The Labute approximate surface area is 138 Å². The first-order valence-corrected chi connectivity index (χ1v) is 7.30. The van der Waals surface area contributed by atoms with Crippen LogP contribution in [0.15, 0.2) is 36.4 Å². The van der Waals surface area contributed by atoms with Gasteiger partial charge in [-0.2, -0.15) is 0 Å². The number of hydrogen-bond acceptors (Lipinski definition) is 4. The second kappa shape index (κ2) is 7.35. The Morgan fingerprint density at radius 1 is 1.18 bits per heavy atom. The van der Waals surface area contributed by atoms with Crippen LogP contribution in [0, 0.1) is 0 Å². The fourth-order valence-electron chi connectivity index (χ4n) is 1.82. The van der Waals surface area contributed by atoms with E-state index in [4.69, 9.17) is 28.9 Å². The van der Waals surface area contributed by atoms with Gasteiger partial charge in [-0.25, -0.2) is 0 Å². The van der Waals surface area contributed by atoms with Gasteiger partial charge in [-0.15, -0.1) is 0 Å². The maximum atomic E-state index is 12.2. The van der Waals surface area contributed by atoms with Gasteiger partial charge in [0.1, 0.15) is 5.75 Å². The highest BCUT2D eigenvalue weighted by molar-refractivity contribution is 6.34. The molecule has 0 spiro atoms. The van der Waals surface area contributed by atoms with E-state index in [-0.39, 0.29) is 11.3 Å². The van der Waals surface area contributed by atoms with E-state index in [1.54, 1.807) is 18.2 Å². The topological polar surface area (TPSA) is 87.4 Å². The van der Waals surface area contributed by atoms with Crippen LogP contribution >= 0.6 is 23.2 Å². The van der Waals surface area contributed by atoms with Crippen molar-refractivity contribution in [3.63, 3.8) is 0 Å². The molecular weight excluding hydrogens is 325 g/mol. The second-order valence-corrected chi connectivity index (χ2v) is 5.37. The van der Waals surface area contributed by atoms with Gasteiger partial charge in [-0.1, -0.05) is 23.2 Å². The molecule has 0 saturated carbocycles. The summed E-state index contributed by atoms with van der Waals surface area (Å²) >= 11 is 12.0.